The first-order valence-electron chi connectivity index (χ1n) is 9.14. The summed E-state index contributed by atoms with van der Waals surface area (Å²) in [5.74, 6) is 0.587. The molecule has 1 amide bonds. The molecule has 0 aliphatic carbocycles. The average molecular weight is 350 g/mol. The minimum Gasteiger partial charge on any atom is -0.340 e. The molecule has 5 heteroatoms. The van der Waals surface area contributed by atoms with Gasteiger partial charge in [0.1, 0.15) is 0 Å². The molecule has 0 unspecified atom stereocenters. The van der Waals surface area contributed by atoms with Crippen molar-refractivity contribution in [3.05, 3.63) is 34.9 Å². The number of benzene rings is 1. The lowest BCUT2D eigenvalue weighted by molar-refractivity contribution is -0.138. The van der Waals surface area contributed by atoms with Crippen LogP contribution in [0.2, 0.25) is 5.02 Å². The van der Waals surface area contributed by atoms with E-state index in [0.29, 0.717) is 5.91 Å². The molecule has 2 aliphatic rings. The number of hydrogen-bond acceptors (Lipinski definition) is 3. The average Bonchev–Trinajstić information content (AvgIpc) is 2.64. The molecule has 0 atom stereocenters. The van der Waals surface area contributed by atoms with E-state index < -0.39 is 0 Å². The number of piperazine rings is 1. The van der Waals surface area contributed by atoms with Crippen LogP contribution in [0.15, 0.2) is 24.3 Å². The summed E-state index contributed by atoms with van der Waals surface area (Å²) in [7, 11) is 0. The molecule has 0 N–H and O–H groups in total. The summed E-state index contributed by atoms with van der Waals surface area (Å²) in [6.45, 7) is 9.96. The van der Waals surface area contributed by atoms with Crippen LogP contribution in [0.4, 0.5) is 0 Å². The van der Waals surface area contributed by atoms with Crippen molar-refractivity contribution in [2.24, 2.45) is 5.92 Å². The molecule has 1 aromatic rings. The summed E-state index contributed by atoms with van der Waals surface area (Å²) >= 11 is 6.26. The van der Waals surface area contributed by atoms with E-state index in [1.54, 1.807) is 0 Å². The molecule has 1 aromatic carbocycles. The number of hydrogen-bond donors (Lipinski definition) is 0. The molecule has 0 bridgehead atoms. The van der Waals surface area contributed by atoms with Crippen LogP contribution in [-0.2, 0) is 11.3 Å². The second-order valence-corrected chi connectivity index (χ2v) is 7.31. The summed E-state index contributed by atoms with van der Waals surface area (Å²) < 4.78 is 0. The van der Waals surface area contributed by atoms with E-state index in [0.717, 1.165) is 70.2 Å². The molecule has 0 aromatic heterocycles. The lowest BCUT2D eigenvalue weighted by Crippen LogP contribution is -2.51. The first-order valence-corrected chi connectivity index (χ1v) is 9.52. The van der Waals surface area contributed by atoms with Crippen LogP contribution in [0.3, 0.4) is 0 Å². The Kier molecular flexibility index (Phi) is 6.14. The van der Waals surface area contributed by atoms with E-state index in [2.05, 4.69) is 27.7 Å². The minimum atomic E-state index is 0.209. The maximum absolute atomic E-state index is 12.7. The fourth-order valence-corrected chi connectivity index (χ4v) is 3.94. The Bertz CT molecular complexity index is 549. The van der Waals surface area contributed by atoms with E-state index in [9.17, 15) is 4.79 Å². The van der Waals surface area contributed by atoms with Gasteiger partial charge in [-0.1, -0.05) is 36.7 Å². The van der Waals surface area contributed by atoms with Crippen LogP contribution in [0.1, 0.15) is 25.3 Å². The number of carbonyl (C=O) groups excluding carboxylic acids is 1. The molecule has 2 fully saturated rings. The van der Waals surface area contributed by atoms with Crippen LogP contribution in [-0.4, -0.2) is 66.4 Å². The summed E-state index contributed by atoms with van der Waals surface area (Å²) in [4.78, 5) is 19.6. The number of carbonyl (C=O) groups is 1. The third-order valence-electron chi connectivity index (χ3n) is 5.42. The molecule has 0 spiro atoms. The van der Waals surface area contributed by atoms with Gasteiger partial charge < -0.3 is 9.80 Å². The lowest BCUT2D eigenvalue weighted by atomic mass is 9.94. The van der Waals surface area contributed by atoms with Crippen LogP contribution in [0, 0.1) is 5.92 Å². The summed E-state index contributed by atoms with van der Waals surface area (Å²) in [6.07, 6.45) is 1.94. The van der Waals surface area contributed by atoms with Gasteiger partial charge in [-0.25, -0.2) is 0 Å². The highest BCUT2D eigenvalue weighted by molar-refractivity contribution is 6.31. The quantitative estimate of drug-likeness (QED) is 0.836. The van der Waals surface area contributed by atoms with E-state index in [1.807, 2.05) is 18.2 Å². The van der Waals surface area contributed by atoms with Gasteiger partial charge in [-0.3, -0.25) is 9.69 Å². The molecular formula is C19H28ClN3O. The van der Waals surface area contributed by atoms with E-state index in [4.69, 9.17) is 11.6 Å². The number of likely N-dealkylation sites (N-methyl/N-ethyl adjacent to an activating group) is 1. The van der Waals surface area contributed by atoms with Gasteiger partial charge in [0.05, 0.1) is 0 Å². The van der Waals surface area contributed by atoms with Gasteiger partial charge in [-0.2, -0.15) is 0 Å². The molecule has 132 valence electrons. The topological polar surface area (TPSA) is 26.8 Å². The molecule has 24 heavy (non-hydrogen) atoms. The molecule has 0 saturated carbocycles. The highest BCUT2D eigenvalue weighted by Gasteiger charge is 2.30. The Morgan fingerprint density at radius 3 is 2.33 bits per heavy atom. The fraction of sp³-hybridized carbons (Fsp3) is 0.632. The summed E-state index contributed by atoms with van der Waals surface area (Å²) in [6, 6.07) is 8.04. The second kappa shape index (κ2) is 8.32. The van der Waals surface area contributed by atoms with Gasteiger partial charge in [0, 0.05) is 43.7 Å². The van der Waals surface area contributed by atoms with Gasteiger partial charge in [0.25, 0.3) is 0 Å². The number of rotatable bonds is 4. The van der Waals surface area contributed by atoms with Gasteiger partial charge in [0.2, 0.25) is 5.91 Å². The zero-order chi connectivity index (χ0) is 16.9. The normalized spacial score (nSPS) is 21.2. The fourth-order valence-electron chi connectivity index (χ4n) is 3.75. The van der Waals surface area contributed by atoms with Gasteiger partial charge >= 0.3 is 0 Å². The smallest absolute Gasteiger partial charge is 0.225 e. The number of likely N-dealkylation sites (tertiary alicyclic amines) is 1. The highest BCUT2D eigenvalue weighted by Crippen LogP contribution is 2.24. The van der Waals surface area contributed by atoms with Crippen molar-refractivity contribution >= 4 is 17.5 Å². The maximum atomic E-state index is 12.7. The van der Waals surface area contributed by atoms with Gasteiger partial charge in [0.15, 0.2) is 0 Å². The zero-order valence-electron chi connectivity index (χ0n) is 14.6. The highest BCUT2D eigenvalue weighted by atomic mass is 35.5. The molecule has 0 radical (unpaired) electrons. The molecule has 2 aliphatic heterocycles. The van der Waals surface area contributed by atoms with Gasteiger partial charge in [-0.05, 0) is 44.1 Å². The van der Waals surface area contributed by atoms with Crippen molar-refractivity contribution in [2.45, 2.75) is 26.3 Å². The molecular weight excluding hydrogens is 322 g/mol. The minimum absolute atomic E-state index is 0.209. The van der Waals surface area contributed by atoms with Crippen LogP contribution in [0.5, 0.6) is 0 Å². The van der Waals surface area contributed by atoms with Gasteiger partial charge in [-0.15, -0.1) is 0 Å². The van der Waals surface area contributed by atoms with Crippen molar-refractivity contribution in [3.8, 4) is 0 Å². The standard InChI is InChI=1S/C19H28ClN3O/c1-2-21-11-13-23(14-12-21)19(24)16-7-9-22(10-8-16)15-17-5-3-4-6-18(17)20/h3-6,16H,2,7-15H2,1H3. The monoisotopic (exact) mass is 349 g/mol. The molecule has 4 nitrogen and oxygen atoms in total. The predicted octanol–water partition coefficient (Wildman–Crippen LogP) is 2.72. The van der Waals surface area contributed by atoms with Crippen molar-refractivity contribution in [1.82, 2.24) is 14.7 Å². The number of amides is 1. The first-order chi connectivity index (χ1) is 11.7. The summed E-state index contributed by atoms with van der Waals surface area (Å²) in [5.41, 5.74) is 1.18. The SMILES string of the molecule is CCN1CCN(C(=O)C2CCN(Cc3ccccc3Cl)CC2)CC1. The van der Waals surface area contributed by atoms with Crippen molar-refractivity contribution < 1.29 is 4.79 Å². The number of halogens is 1. The van der Waals surface area contributed by atoms with E-state index in [1.165, 1.54) is 5.56 Å². The van der Waals surface area contributed by atoms with Crippen LogP contribution >= 0.6 is 11.6 Å². The van der Waals surface area contributed by atoms with Crippen molar-refractivity contribution in [2.75, 3.05) is 45.8 Å². The first kappa shape index (κ1) is 17.7. The molecule has 2 saturated heterocycles. The predicted molar refractivity (Wildman–Crippen MR) is 98.1 cm³/mol. The largest absolute Gasteiger partial charge is 0.340 e. The second-order valence-electron chi connectivity index (χ2n) is 6.90. The Labute approximate surface area is 150 Å². The zero-order valence-corrected chi connectivity index (χ0v) is 15.3. The number of piperidine rings is 1. The van der Waals surface area contributed by atoms with Crippen LogP contribution in [0.25, 0.3) is 0 Å². The van der Waals surface area contributed by atoms with E-state index in [-0.39, 0.29) is 5.92 Å². The maximum Gasteiger partial charge on any atom is 0.225 e. The molecule has 2 heterocycles. The van der Waals surface area contributed by atoms with Crippen molar-refractivity contribution in [3.63, 3.8) is 0 Å². The third-order valence-corrected chi connectivity index (χ3v) is 5.79. The Hall–Kier alpha value is -1.10. The number of nitrogens with zero attached hydrogens (tertiary/aromatic N) is 3. The Morgan fingerprint density at radius 1 is 1.04 bits per heavy atom. The molecule has 3 rings (SSSR count). The lowest BCUT2D eigenvalue weighted by Gasteiger charge is -2.38. The third kappa shape index (κ3) is 4.29. The van der Waals surface area contributed by atoms with Crippen molar-refractivity contribution in [1.29, 1.82) is 0 Å². The van der Waals surface area contributed by atoms with E-state index >= 15 is 0 Å². The van der Waals surface area contributed by atoms with Crippen LogP contribution < -0.4 is 0 Å². The summed E-state index contributed by atoms with van der Waals surface area (Å²) in [5, 5.41) is 0.837. The Morgan fingerprint density at radius 2 is 1.71 bits per heavy atom. The Balaban J connectivity index is 1.46.